The molecule has 0 spiro atoms. The first-order chi connectivity index (χ1) is 12.7. The summed E-state index contributed by atoms with van der Waals surface area (Å²) in [6, 6.07) is 9.34. The number of ether oxygens (including phenoxy) is 1. The van der Waals surface area contributed by atoms with Gasteiger partial charge in [0.05, 0.1) is 6.10 Å². The molecule has 4 nitrogen and oxygen atoms in total. The molecule has 1 aliphatic carbocycles. The number of benzene rings is 1. The average molecular weight is 503 g/mol. The van der Waals surface area contributed by atoms with E-state index in [0.29, 0.717) is 12.0 Å². The van der Waals surface area contributed by atoms with Gasteiger partial charge in [0.2, 0.25) is 0 Å². The fraction of sp³-hybridized carbons (Fsp3) is 0.667. The second-order valence-corrected chi connectivity index (χ2v) is 8.71. The van der Waals surface area contributed by atoms with Crippen LogP contribution in [0.5, 0.6) is 0 Å². The lowest BCUT2D eigenvalue weighted by molar-refractivity contribution is -0.0265. The van der Waals surface area contributed by atoms with Gasteiger partial charge in [0.1, 0.15) is 0 Å². The Kier molecular flexibility index (Phi) is 9.73. The van der Waals surface area contributed by atoms with Gasteiger partial charge in [-0.3, -0.25) is 4.99 Å². The summed E-state index contributed by atoms with van der Waals surface area (Å²) in [5.74, 6) is 1.41. The maximum atomic E-state index is 6.14. The summed E-state index contributed by atoms with van der Waals surface area (Å²) in [7, 11) is 1.87. The SMILES string of the molecule is CN=C(NCC1CCCOC1c1ccc(C)cc1)NC1CCC(SC)C1.I. The lowest BCUT2D eigenvalue weighted by Crippen LogP contribution is -2.45. The van der Waals surface area contributed by atoms with Crippen molar-refractivity contribution < 1.29 is 4.74 Å². The third-order valence-corrected chi connectivity index (χ3v) is 6.76. The molecule has 3 rings (SSSR count). The van der Waals surface area contributed by atoms with E-state index in [0.717, 1.165) is 30.8 Å². The normalized spacial score (nSPS) is 28.5. The zero-order valence-corrected chi connectivity index (χ0v) is 19.9. The van der Waals surface area contributed by atoms with Crippen molar-refractivity contribution in [2.45, 2.75) is 56.4 Å². The lowest BCUT2D eigenvalue weighted by atomic mass is 9.89. The zero-order valence-electron chi connectivity index (χ0n) is 16.7. The average Bonchev–Trinajstić information content (AvgIpc) is 3.14. The van der Waals surface area contributed by atoms with Gasteiger partial charge >= 0.3 is 0 Å². The highest BCUT2D eigenvalue weighted by Gasteiger charge is 2.28. The van der Waals surface area contributed by atoms with Crippen LogP contribution in [0.4, 0.5) is 0 Å². The van der Waals surface area contributed by atoms with Crippen molar-refractivity contribution in [3.63, 3.8) is 0 Å². The third-order valence-electron chi connectivity index (χ3n) is 5.66. The fourth-order valence-electron chi connectivity index (χ4n) is 4.08. The van der Waals surface area contributed by atoms with Gasteiger partial charge in [0.15, 0.2) is 5.96 Å². The second-order valence-electron chi connectivity index (χ2n) is 7.57. The summed E-state index contributed by atoms with van der Waals surface area (Å²) in [4.78, 5) is 4.44. The number of aliphatic imine (C=N–C) groups is 1. The van der Waals surface area contributed by atoms with E-state index >= 15 is 0 Å². The topological polar surface area (TPSA) is 45.7 Å². The molecule has 0 bridgehead atoms. The van der Waals surface area contributed by atoms with E-state index in [9.17, 15) is 0 Å². The van der Waals surface area contributed by atoms with Crippen LogP contribution in [0, 0.1) is 12.8 Å². The number of aryl methyl sites for hydroxylation is 1. The van der Waals surface area contributed by atoms with E-state index in [-0.39, 0.29) is 30.1 Å². The lowest BCUT2D eigenvalue weighted by Gasteiger charge is -2.33. The van der Waals surface area contributed by atoms with Crippen LogP contribution in [0.3, 0.4) is 0 Å². The first-order valence-corrected chi connectivity index (χ1v) is 11.2. The summed E-state index contributed by atoms with van der Waals surface area (Å²) in [5.41, 5.74) is 2.59. The number of nitrogens with one attached hydrogen (secondary N) is 2. The molecule has 4 atom stereocenters. The Labute approximate surface area is 185 Å². The van der Waals surface area contributed by atoms with Crippen molar-refractivity contribution >= 4 is 41.7 Å². The molecule has 1 aromatic rings. The van der Waals surface area contributed by atoms with Crippen LogP contribution in [-0.2, 0) is 4.74 Å². The van der Waals surface area contributed by atoms with Crippen molar-refractivity contribution in [2.75, 3.05) is 26.5 Å². The minimum Gasteiger partial charge on any atom is -0.373 e. The fourth-order valence-corrected chi connectivity index (χ4v) is 4.87. The molecule has 0 radical (unpaired) electrons. The minimum atomic E-state index is 0. The van der Waals surface area contributed by atoms with Crippen molar-refractivity contribution in [3.8, 4) is 0 Å². The van der Waals surface area contributed by atoms with E-state index in [4.69, 9.17) is 4.74 Å². The first kappa shape index (κ1) is 22.8. The van der Waals surface area contributed by atoms with Crippen LogP contribution in [-0.4, -0.2) is 43.7 Å². The highest BCUT2D eigenvalue weighted by Crippen LogP contribution is 2.33. The molecule has 6 heteroatoms. The predicted molar refractivity (Wildman–Crippen MR) is 127 cm³/mol. The third kappa shape index (κ3) is 6.53. The molecule has 1 aromatic carbocycles. The number of guanidine groups is 1. The van der Waals surface area contributed by atoms with Crippen molar-refractivity contribution in [1.29, 1.82) is 0 Å². The predicted octanol–water partition coefficient (Wildman–Crippen LogP) is 4.53. The Balaban J connectivity index is 0.00000261. The van der Waals surface area contributed by atoms with Gasteiger partial charge in [-0.1, -0.05) is 29.8 Å². The summed E-state index contributed by atoms with van der Waals surface area (Å²) < 4.78 is 6.14. The number of hydrogen-bond acceptors (Lipinski definition) is 3. The molecule has 2 N–H and O–H groups in total. The summed E-state index contributed by atoms with van der Waals surface area (Å²) >= 11 is 1.99. The molecule has 1 saturated heterocycles. The first-order valence-electron chi connectivity index (χ1n) is 9.87. The highest BCUT2D eigenvalue weighted by molar-refractivity contribution is 14.0. The molecular weight excluding hydrogens is 469 g/mol. The monoisotopic (exact) mass is 503 g/mol. The molecule has 1 saturated carbocycles. The largest absolute Gasteiger partial charge is 0.373 e. The minimum absolute atomic E-state index is 0. The number of hydrogen-bond donors (Lipinski definition) is 2. The highest BCUT2D eigenvalue weighted by atomic mass is 127. The van der Waals surface area contributed by atoms with Crippen molar-refractivity contribution in [2.24, 2.45) is 10.9 Å². The number of nitrogens with zero attached hydrogens (tertiary/aromatic N) is 1. The maximum absolute atomic E-state index is 6.14. The standard InChI is InChI=1S/C21H33N3OS.HI/c1-15-6-8-16(9-7-15)20-17(5-4-12-25-20)14-23-21(22-2)24-18-10-11-19(13-18)26-3;/h6-9,17-20H,4-5,10-14H2,1-3H3,(H2,22,23,24);1H. The molecule has 0 aromatic heterocycles. The molecule has 27 heavy (non-hydrogen) atoms. The molecule has 4 unspecified atom stereocenters. The quantitative estimate of drug-likeness (QED) is 0.352. The summed E-state index contributed by atoms with van der Waals surface area (Å²) in [6.45, 7) is 3.89. The Morgan fingerprint density at radius 1 is 1.22 bits per heavy atom. The van der Waals surface area contributed by atoms with E-state index in [2.05, 4.69) is 53.1 Å². The van der Waals surface area contributed by atoms with Gasteiger partial charge in [-0.25, -0.2) is 0 Å². The Morgan fingerprint density at radius 3 is 2.67 bits per heavy atom. The molecule has 1 heterocycles. The van der Waals surface area contributed by atoms with E-state index < -0.39 is 0 Å². The van der Waals surface area contributed by atoms with Crippen LogP contribution in [0.25, 0.3) is 0 Å². The molecule has 152 valence electrons. The molecule has 2 aliphatic rings. The number of rotatable bonds is 5. The van der Waals surface area contributed by atoms with E-state index in [1.54, 1.807) is 0 Å². The van der Waals surface area contributed by atoms with Crippen molar-refractivity contribution in [3.05, 3.63) is 35.4 Å². The summed E-state index contributed by atoms with van der Waals surface area (Å²) in [5, 5.41) is 7.97. The van der Waals surface area contributed by atoms with Crippen LogP contribution in [0.1, 0.15) is 49.3 Å². The Bertz CT molecular complexity index is 596. The van der Waals surface area contributed by atoms with E-state index in [1.807, 2.05) is 18.8 Å². The molecule has 1 aliphatic heterocycles. The van der Waals surface area contributed by atoms with Gasteiger partial charge in [0, 0.05) is 37.4 Å². The van der Waals surface area contributed by atoms with Crippen LogP contribution < -0.4 is 10.6 Å². The molecule has 2 fully saturated rings. The van der Waals surface area contributed by atoms with Crippen molar-refractivity contribution in [1.82, 2.24) is 10.6 Å². The zero-order chi connectivity index (χ0) is 18.4. The van der Waals surface area contributed by atoms with Crippen LogP contribution in [0.2, 0.25) is 0 Å². The van der Waals surface area contributed by atoms with Crippen LogP contribution >= 0.6 is 35.7 Å². The van der Waals surface area contributed by atoms with Gasteiger partial charge in [-0.2, -0.15) is 11.8 Å². The van der Waals surface area contributed by atoms with Gasteiger partial charge in [-0.05, 0) is 50.8 Å². The molecular formula is C21H34IN3OS. The second kappa shape index (κ2) is 11.5. The van der Waals surface area contributed by atoms with Gasteiger partial charge < -0.3 is 15.4 Å². The maximum Gasteiger partial charge on any atom is 0.191 e. The summed E-state index contributed by atoms with van der Waals surface area (Å²) in [6.07, 6.45) is 8.52. The van der Waals surface area contributed by atoms with Gasteiger partial charge in [-0.15, -0.1) is 24.0 Å². The van der Waals surface area contributed by atoms with E-state index in [1.165, 1.54) is 36.8 Å². The number of thioether (sulfide) groups is 1. The Morgan fingerprint density at radius 2 is 2.00 bits per heavy atom. The number of halogens is 1. The Hall–Kier alpha value is -0.470. The molecule has 0 amide bonds. The van der Waals surface area contributed by atoms with Crippen LogP contribution in [0.15, 0.2) is 29.3 Å². The van der Waals surface area contributed by atoms with Gasteiger partial charge in [0.25, 0.3) is 0 Å². The smallest absolute Gasteiger partial charge is 0.191 e.